The molecular formula is C24H28N2O3. The van der Waals surface area contributed by atoms with E-state index in [1.807, 2.05) is 41.3 Å². The number of ether oxygens (including phenoxy) is 2. The van der Waals surface area contributed by atoms with Crippen LogP contribution < -0.4 is 14.8 Å². The van der Waals surface area contributed by atoms with Gasteiger partial charge in [-0.05, 0) is 68.0 Å². The van der Waals surface area contributed by atoms with Gasteiger partial charge in [-0.15, -0.1) is 6.42 Å². The number of terminal acetylenes is 1. The lowest BCUT2D eigenvalue weighted by atomic mass is 9.96. The Morgan fingerprint density at radius 2 is 2.00 bits per heavy atom. The number of likely N-dealkylation sites (tertiary alicyclic amines) is 1. The van der Waals surface area contributed by atoms with Crippen LogP contribution in [0.3, 0.4) is 0 Å². The molecule has 2 aromatic carbocycles. The first-order valence-corrected chi connectivity index (χ1v) is 10.00. The third kappa shape index (κ3) is 5.23. The Labute approximate surface area is 173 Å². The topological polar surface area (TPSA) is 50.8 Å². The highest BCUT2D eigenvalue weighted by atomic mass is 16.5. The molecule has 5 nitrogen and oxygen atoms in total. The Bertz CT molecular complexity index is 888. The molecule has 5 heteroatoms. The van der Waals surface area contributed by atoms with Gasteiger partial charge in [0.1, 0.15) is 0 Å². The first-order valence-electron chi connectivity index (χ1n) is 10.00. The number of carbonyl (C=O) groups is 1. The summed E-state index contributed by atoms with van der Waals surface area (Å²) in [5, 5.41) is 3.00. The molecule has 2 amide bonds. The molecule has 1 aliphatic heterocycles. The van der Waals surface area contributed by atoms with Gasteiger partial charge in [-0.25, -0.2) is 4.79 Å². The number of aryl methyl sites for hydroxylation is 1. The number of benzene rings is 2. The second-order valence-corrected chi connectivity index (χ2v) is 7.23. The van der Waals surface area contributed by atoms with Crippen LogP contribution in [0.2, 0.25) is 0 Å². The highest BCUT2D eigenvalue weighted by Gasteiger charge is 2.26. The van der Waals surface area contributed by atoms with E-state index in [1.54, 1.807) is 14.2 Å². The van der Waals surface area contributed by atoms with Crippen molar-refractivity contribution in [1.29, 1.82) is 0 Å². The van der Waals surface area contributed by atoms with Gasteiger partial charge in [0.05, 0.1) is 14.2 Å². The molecule has 0 aliphatic carbocycles. The van der Waals surface area contributed by atoms with Gasteiger partial charge < -0.3 is 19.7 Å². The van der Waals surface area contributed by atoms with E-state index in [0.29, 0.717) is 0 Å². The second-order valence-electron chi connectivity index (χ2n) is 7.23. The van der Waals surface area contributed by atoms with Crippen LogP contribution in [0.5, 0.6) is 11.5 Å². The quantitative estimate of drug-likeness (QED) is 0.725. The van der Waals surface area contributed by atoms with Crippen LogP contribution in [-0.2, 0) is 6.42 Å². The lowest BCUT2D eigenvalue weighted by molar-refractivity contribution is 0.158. The van der Waals surface area contributed by atoms with Crippen LogP contribution in [-0.4, -0.2) is 37.7 Å². The summed E-state index contributed by atoms with van der Waals surface area (Å²) >= 11 is 0. The molecule has 3 rings (SSSR count). The number of hydrogen-bond donors (Lipinski definition) is 1. The monoisotopic (exact) mass is 392 g/mol. The van der Waals surface area contributed by atoms with Gasteiger partial charge in [-0.1, -0.05) is 18.1 Å². The summed E-state index contributed by atoms with van der Waals surface area (Å²) in [5.41, 5.74) is 2.66. The van der Waals surface area contributed by atoms with Crippen molar-refractivity contribution >= 4 is 11.7 Å². The van der Waals surface area contributed by atoms with Crippen molar-refractivity contribution in [2.45, 2.75) is 38.1 Å². The largest absolute Gasteiger partial charge is 0.493 e. The Kier molecular flexibility index (Phi) is 7.02. The summed E-state index contributed by atoms with van der Waals surface area (Å²) in [7, 11) is 3.28. The van der Waals surface area contributed by atoms with Gasteiger partial charge >= 0.3 is 6.03 Å². The molecule has 1 saturated heterocycles. The van der Waals surface area contributed by atoms with Crippen LogP contribution in [0.4, 0.5) is 10.5 Å². The number of nitrogens with zero attached hydrogens (tertiary/aromatic N) is 1. The Morgan fingerprint density at radius 3 is 2.76 bits per heavy atom. The SMILES string of the molecule is C#Cc1cccc(NC(=O)N2CCCC[C@H]2CCc2ccc(OC)c(OC)c2)c1. The third-order valence-corrected chi connectivity index (χ3v) is 5.38. The van der Waals surface area contributed by atoms with E-state index in [4.69, 9.17) is 15.9 Å². The molecule has 152 valence electrons. The predicted molar refractivity (Wildman–Crippen MR) is 116 cm³/mol. The van der Waals surface area contributed by atoms with Crippen molar-refractivity contribution in [2.75, 3.05) is 26.1 Å². The number of nitrogens with one attached hydrogen (secondary N) is 1. The highest BCUT2D eigenvalue weighted by molar-refractivity contribution is 5.89. The zero-order valence-corrected chi connectivity index (χ0v) is 17.1. The number of methoxy groups -OCH3 is 2. The number of urea groups is 1. The normalized spacial score (nSPS) is 16.0. The van der Waals surface area contributed by atoms with Crippen molar-refractivity contribution in [2.24, 2.45) is 0 Å². The number of rotatable bonds is 6. The average molecular weight is 392 g/mol. The van der Waals surface area contributed by atoms with Crippen molar-refractivity contribution in [3.05, 3.63) is 53.6 Å². The van der Waals surface area contributed by atoms with E-state index >= 15 is 0 Å². The molecule has 1 atom stereocenters. The molecule has 2 aromatic rings. The summed E-state index contributed by atoms with van der Waals surface area (Å²) in [5.74, 6) is 4.06. The first-order chi connectivity index (χ1) is 14.1. The van der Waals surface area contributed by atoms with Gasteiger partial charge in [0.2, 0.25) is 0 Å². The maximum absolute atomic E-state index is 12.9. The smallest absolute Gasteiger partial charge is 0.322 e. The fourth-order valence-corrected chi connectivity index (χ4v) is 3.82. The Balaban J connectivity index is 1.65. The van der Waals surface area contributed by atoms with E-state index in [-0.39, 0.29) is 12.1 Å². The molecule has 0 spiro atoms. The minimum Gasteiger partial charge on any atom is -0.493 e. The predicted octanol–water partition coefficient (Wildman–Crippen LogP) is 4.70. The van der Waals surface area contributed by atoms with E-state index in [0.717, 1.165) is 61.4 Å². The van der Waals surface area contributed by atoms with Crippen LogP contribution in [0, 0.1) is 12.3 Å². The molecule has 1 aliphatic rings. The maximum atomic E-state index is 12.9. The lowest BCUT2D eigenvalue weighted by Gasteiger charge is -2.36. The molecule has 29 heavy (non-hydrogen) atoms. The number of amides is 2. The molecule has 0 unspecified atom stereocenters. The van der Waals surface area contributed by atoms with E-state index in [2.05, 4.69) is 17.3 Å². The molecule has 0 aromatic heterocycles. The van der Waals surface area contributed by atoms with Crippen molar-refractivity contribution in [3.8, 4) is 23.8 Å². The minimum absolute atomic E-state index is 0.0591. The molecule has 1 fully saturated rings. The van der Waals surface area contributed by atoms with Gasteiger partial charge in [0, 0.05) is 23.8 Å². The second kappa shape index (κ2) is 9.88. The van der Waals surface area contributed by atoms with Crippen LogP contribution in [0.25, 0.3) is 0 Å². The zero-order valence-electron chi connectivity index (χ0n) is 17.1. The summed E-state index contributed by atoms with van der Waals surface area (Å²) in [4.78, 5) is 14.9. The summed E-state index contributed by atoms with van der Waals surface area (Å²) in [6, 6.07) is 13.5. The Morgan fingerprint density at radius 1 is 1.17 bits per heavy atom. The standard InChI is InChI=1S/C24H28N2O3/c1-4-18-8-7-9-20(16-18)25-24(27)26-15-6-5-10-21(26)13-11-19-12-14-22(28-2)23(17-19)29-3/h1,7-9,12,14,16-17,21H,5-6,10-11,13,15H2,2-3H3,(H,25,27)/t21-/m0/s1. The van der Waals surface area contributed by atoms with Gasteiger partial charge in [0.25, 0.3) is 0 Å². The highest BCUT2D eigenvalue weighted by Crippen LogP contribution is 2.29. The van der Waals surface area contributed by atoms with E-state index in [9.17, 15) is 4.79 Å². The Hall–Kier alpha value is -3.13. The van der Waals surface area contributed by atoms with Crippen LogP contribution in [0.15, 0.2) is 42.5 Å². The number of carbonyl (C=O) groups excluding carboxylic acids is 1. The summed E-state index contributed by atoms with van der Waals surface area (Å²) in [6.45, 7) is 0.775. The number of piperidine rings is 1. The number of anilines is 1. The minimum atomic E-state index is -0.0591. The molecule has 0 saturated carbocycles. The zero-order chi connectivity index (χ0) is 20.6. The molecule has 1 heterocycles. The van der Waals surface area contributed by atoms with Gasteiger partial charge in [-0.2, -0.15) is 0 Å². The van der Waals surface area contributed by atoms with E-state index < -0.39 is 0 Å². The lowest BCUT2D eigenvalue weighted by Crippen LogP contribution is -2.46. The van der Waals surface area contributed by atoms with Crippen molar-refractivity contribution in [3.63, 3.8) is 0 Å². The van der Waals surface area contributed by atoms with Crippen LogP contribution >= 0.6 is 0 Å². The summed E-state index contributed by atoms with van der Waals surface area (Å²) < 4.78 is 10.7. The maximum Gasteiger partial charge on any atom is 0.322 e. The molecular weight excluding hydrogens is 364 g/mol. The molecule has 0 bridgehead atoms. The fraction of sp³-hybridized carbons (Fsp3) is 0.375. The fourth-order valence-electron chi connectivity index (χ4n) is 3.82. The number of hydrogen-bond acceptors (Lipinski definition) is 3. The molecule has 0 radical (unpaired) electrons. The van der Waals surface area contributed by atoms with Gasteiger partial charge in [0.15, 0.2) is 11.5 Å². The molecule has 1 N–H and O–H groups in total. The van der Waals surface area contributed by atoms with Crippen molar-refractivity contribution < 1.29 is 14.3 Å². The van der Waals surface area contributed by atoms with E-state index in [1.165, 1.54) is 5.56 Å². The van der Waals surface area contributed by atoms with Gasteiger partial charge in [-0.3, -0.25) is 0 Å². The first kappa shape index (κ1) is 20.6. The summed E-state index contributed by atoms with van der Waals surface area (Å²) in [6.07, 6.45) is 10.4. The van der Waals surface area contributed by atoms with Crippen LogP contribution in [0.1, 0.15) is 36.8 Å². The third-order valence-electron chi connectivity index (χ3n) is 5.38. The average Bonchev–Trinajstić information content (AvgIpc) is 2.77. The van der Waals surface area contributed by atoms with Crippen molar-refractivity contribution in [1.82, 2.24) is 4.90 Å².